The lowest BCUT2D eigenvalue weighted by Gasteiger charge is -2.16. The number of halogens is 1. The van der Waals surface area contributed by atoms with Gasteiger partial charge in [-0.25, -0.2) is 0 Å². The average molecular weight is 167 g/mol. The van der Waals surface area contributed by atoms with Gasteiger partial charge in [-0.1, -0.05) is 13.8 Å². The van der Waals surface area contributed by atoms with Gasteiger partial charge < -0.3 is 10.2 Å². The summed E-state index contributed by atoms with van der Waals surface area (Å²) >= 11 is 5.31. The summed E-state index contributed by atoms with van der Waals surface area (Å²) in [5.41, 5.74) is 0. The van der Waals surface area contributed by atoms with Crippen LogP contribution in [0, 0.1) is 5.92 Å². The van der Waals surface area contributed by atoms with Crippen molar-refractivity contribution in [1.82, 2.24) is 0 Å². The topological polar surface area (TPSA) is 57.5 Å². The number of alkyl halides is 1. The van der Waals surface area contributed by atoms with Crippen LogP contribution in [0.5, 0.6) is 0 Å². The second kappa shape index (κ2) is 3.78. The van der Waals surface area contributed by atoms with Crippen LogP contribution in [-0.2, 0) is 4.79 Å². The van der Waals surface area contributed by atoms with Crippen molar-refractivity contribution < 1.29 is 15.0 Å². The molecule has 0 fully saturated rings. The molecule has 2 N–H and O–H groups in total. The fraction of sp³-hybridized carbons (Fsp3) is 0.833. The molecule has 0 aliphatic carbocycles. The predicted molar refractivity (Wildman–Crippen MR) is 38.1 cm³/mol. The van der Waals surface area contributed by atoms with Gasteiger partial charge in [-0.2, -0.15) is 0 Å². The monoisotopic (exact) mass is 166 g/mol. The van der Waals surface area contributed by atoms with Gasteiger partial charge in [-0.15, -0.1) is 11.6 Å². The van der Waals surface area contributed by atoms with E-state index in [1.54, 1.807) is 13.8 Å². The van der Waals surface area contributed by atoms with E-state index in [-0.39, 0.29) is 5.92 Å². The molecule has 0 aliphatic heterocycles. The van der Waals surface area contributed by atoms with Gasteiger partial charge >= 0.3 is 5.97 Å². The molecule has 0 aromatic rings. The van der Waals surface area contributed by atoms with E-state index in [9.17, 15) is 4.79 Å². The molecule has 0 rings (SSSR count). The molecule has 0 radical (unpaired) electrons. The number of aliphatic hydroxyl groups is 1. The lowest BCUT2D eigenvalue weighted by atomic mass is 10.0. The van der Waals surface area contributed by atoms with Crippen molar-refractivity contribution in [3.8, 4) is 0 Å². The van der Waals surface area contributed by atoms with E-state index in [0.29, 0.717) is 0 Å². The Morgan fingerprint density at radius 1 is 1.50 bits per heavy atom. The van der Waals surface area contributed by atoms with Crippen LogP contribution < -0.4 is 0 Å². The summed E-state index contributed by atoms with van der Waals surface area (Å²) < 4.78 is 0. The zero-order valence-electron chi connectivity index (χ0n) is 5.91. The van der Waals surface area contributed by atoms with Crippen LogP contribution in [0.3, 0.4) is 0 Å². The maximum Gasteiger partial charge on any atom is 0.324 e. The third kappa shape index (κ3) is 2.54. The minimum absolute atomic E-state index is 0.126. The molecule has 0 heterocycles. The van der Waals surface area contributed by atoms with E-state index in [1.807, 2.05) is 0 Å². The maximum absolute atomic E-state index is 10.2. The molecular formula is C6H11ClO3. The van der Waals surface area contributed by atoms with Crippen molar-refractivity contribution in [2.45, 2.75) is 25.3 Å². The first-order chi connectivity index (χ1) is 4.46. The number of carboxylic acids is 1. The van der Waals surface area contributed by atoms with Crippen molar-refractivity contribution in [1.29, 1.82) is 0 Å². The summed E-state index contributed by atoms with van der Waals surface area (Å²) in [6.07, 6.45) is -0.973. The van der Waals surface area contributed by atoms with Gasteiger partial charge in [0, 0.05) is 0 Å². The highest BCUT2D eigenvalue weighted by molar-refractivity contribution is 6.30. The summed E-state index contributed by atoms with van der Waals surface area (Å²) in [7, 11) is 0. The lowest BCUT2D eigenvalue weighted by molar-refractivity contribution is -0.139. The number of hydrogen-bond donors (Lipinski definition) is 2. The number of carboxylic acid groups (broad SMARTS) is 1. The van der Waals surface area contributed by atoms with E-state index in [0.717, 1.165) is 0 Å². The van der Waals surface area contributed by atoms with Crippen LogP contribution >= 0.6 is 11.6 Å². The first-order valence-electron chi connectivity index (χ1n) is 3.01. The van der Waals surface area contributed by atoms with Crippen molar-refractivity contribution in [3.05, 3.63) is 0 Å². The molecule has 0 bridgehead atoms. The number of aliphatic carboxylic acids is 1. The lowest BCUT2D eigenvalue weighted by Crippen LogP contribution is -2.32. The molecule has 0 aliphatic rings. The Morgan fingerprint density at radius 3 is 2.00 bits per heavy atom. The predicted octanol–water partition coefficient (Wildman–Crippen LogP) is 0.695. The van der Waals surface area contributed by atoms with Crippen LogP contribution in [-0.4, -0.2) is 27.7 Å². The van der Waals surface area contributed by atoms with Gasteiger partial charge in [0.05, 0.1) is 6.10 Å². The van der Waals surface area contributed by atoms with Crippen molar-refractivity contribution in [2.24, 2.45) is 5.92 Å². The highest BCUT2D eigenvalue weighted by Crippen LogP contribution is 2.11. The maximum atomic E-state index is 10.2. The van der Waals surface area contributed by atoms with Crippen molar-refractivity contribution in [2.75, 3.05) is 0 Å². The Kier molecular flexibility index (Phi) is 3.68. The Hall–Kier alpha value is -0.280. The summed E-state index contributed by atoms with van der Waals surface area (Å²) in [5, 5.41) is 16.2. The van der Waals surface area contributed by atoms with Gasteiger partial charge in [-0.05, 0) is 5.92 Å². The quantitative estimate of drug-likeness (QED) is 0.607. The van der Waals surface area contributed by atoms with E-state index in [2.05, 4.69) is 0 Å². The molecule has 0 spiro atoms. The number of aliphatic hydroxyl groups excluding tert-OH is 1. The first-order valence-corrected chi connectivity index (χ1v) is 3.45. The molecule has 4 heteroatoms. The SMILES string of the molecule is CC(C)C(O)C(Cl)C(=O)O. The summed E-state index contributed by atoms with van der Waals surface area (Å²) in [6.45, 7) is 3.42. The normalized spacial score (nSPS) is 16.9. The average Bonchev–Trinajstić information content (AvgIpc) is 1.84. The van der Waals surface area contributed by atoms with E-state index < -0.39 is 17.5 Å². The van der Waals surface area contributed by atoms with Gasteiger partial charge in [0.1, 0.15) is 0 Å². The molecule has 0 aromatic heterocycles. The summed E-state index contributed by atoms with van der Waals surface area (Å²) in [5.74, 6) is -1.30. The van der Waals surface area contributed by atoms with Gasteiger partial charge in [-0.3, -0.25) is 4.79 Å². The van der Waals surface area contributed by atoms with Gasteiger partial charge in [0.15, 0.2) is 5.38 Å². The molecule has 0 saturated carbocycles. The van der Waals surface area contributed by atoms with Crippen molar-refractivity contribution >= 4 is 17.6 Å². The second-order valence-corrected chi connectivity index (χ2v) is 2.94. The third-order valence-electron chi connectivity index (χ3n) is 1.22. The fourth-order valence-corrected chi connectivity index (χ4v) is 0.775. The van der Waals surface area contributed by atoms with E-state index in [4.69, 9.17) is 21.8 Å². The number of hydrogen-bond acceptors (Lipinski definition) is 2. The smallest absolute Gasteiger partial charge is 0.324 e. The zero-order valence-corrected chi connectivity index (χ0v) is 6.67. The van der Waals surface area contributed by atoms with Crippen molar-refractivity contribution in [3.63, 3.8) is 0 Å². The van der Waals surface area contributed by atoms with Crippen LogP contribution in [0.25, 0.3) is 0 Å². The molecule has 0 aromatic carbocycles. The van der Waals surface area contributed by atoms with E-state index in [1.165, 1.54) is 0 Å². The zero-order chi connectivity index (χ0) is 8.31. The summed E-state index contributed by atoms with van der Waals surface area (Å²) in [4.78, 5) is 10.2. The highest BCUT2D eigenvalue weighted by atomic mass is 35.5. The molecule has 2 atom stereocenters. The van der Waals surface area contributed by atoms with Crippen LogP contribution in [0.15, 0.2) is 0 Å². The molecule has 0 saturated heterocycles. The van der Waals surface area contributed by atoms with Crippen LogP contribution in [0.4, 0.5) is 0 Å². The molecular weight excluding hydrogens is 156 g/mol. The van der Waals surface area contributed by atoms with Gasteiger partial charge in [0.2, 0.25) is 0 Å². The second-order valence-electron chi connectivity index (χ2n) is 2.47. The molecule has 3 nitrogen and oxygen atoms in total. The minimum atomic E-state index is -1.19. The first kappa shape index (κ1) is 9.72. The number of carbonyl (C=O) groups is 1. The summed E-state index contributed by atoms with van der Waals surface area (Å²) in [6, 6.07) is 0. The third-order valence-corrected chi connectivity index (χ3v) is 1.66. The molecule has 60 valence electrons. The van der Waals surface area contributed by atoms with E-state index >= 15 is 0 Å². The Balaban J connectivity index is 3.94. The molecule has 0 amide bonds. The fourth-order valence-electron chi connectivity index (χ4n) is 0.484. The molecule has 10 heavy (non-hydrogen) atoms. The standard InChI is InChI=1S/C6H11ClO3/c1-3(2)5(8)4(7)6(9)10/h3-5,8H,1-2H3,(H,9,10). The van der Waals surface area contributed by atoms with Gasteiger partial charge in [0.25, 0.3) is 0 Å². The number of rotatable bonds is 3. The largest absolute Gasteiger partial charge is 0.480 e. The van der Waals surface area contributed by atoms with Crippen LogP contribution in [0.2, 0.25) is 0 Å². The Bertz CT molecular complexity index is 124. The Morgan fingerprint density at radius 2 is 1.90 bits per heavy atom. The molecule has 2 unspecified atom stereocenters. The Labute approximate surface area is 64.6 Å². The highest BCUT2D eigenvalue weighted by Gasteiger charge is 2.25. The minimum Gasteiger partial charge on any atom is -0.480 e. The van der Waals surface area contributed by atoms with Crippen LogP contribution in [0.1, 0.15) is 13.8 Å².